The summed E-state index contributed by atoms with van der Waals surface area (Å²) in [5.41, 5.74) is 1.50. The fourth-order valence-corrected chi connectivity index (χ4v) is 3.05. The molecule has 1 atom stereocenters. The zero-order valence-electron chi connectivity index (χ0n) is 17.1. The summed E-state index contributed by atoms with van der Waals surface area (Å²) in [5, 5.41) is 2.92. The normalized spacial score (nSPS) is 11.7. The van der Waals surface area contributed by atoms with E-state index in [1.807, 2.05) is 37.3 Å². The molecular weight excluding hydrogens is 371 g/mol. The van der Waals surface area contributed by atoms with Gasteiger partial charge in [-0.1, -0.05) is 49.4 Å². The number of nitrogens with zero attached hydrogens (tertiary/aromatic N) is 1. The van der Waals surface area contributed by atoms with Crippen LogP contribution in [0.5, 0.6) is 0 Å². The molecule has 0 unspecified atom stereocenters. The number of carbonyl (C=O) groups excluding carboxylic acids is 2. The van der Waals surface area contributed by atoms with Gasteiger partial charge in [0.05, 0.1) is 0 Å². The van der Waals surface area contributed by atoms with Crippen LogP contribution in [0.1, 0.15) is 43.9 Å². The van der Waals surface area contributed by atoms with Crippen LogP contribution in [0.4, 0.5) is 4.39 Å². The molecule has 0 saturated carbocycles. The first-order valence-corrected chi connectivity index (χ1v) is 10.0. The number of benzene rings is 2. The average Bonchev–Trinajstić information content (AvgIpc) is 2.74. The van der Waals surface area contributed by atoms with Crippen LogP contribution < -0.4 is 5.32 Å². The number of hydrogen-bond acceptors (Lipinski definition) is 3. The van der Waals surface area contributed by atoms with E-state index in [2.05, 4.69) is 5.32 Å². The molecule has 2 aromatic rings. The molecule has 5 nitrogen and oxygen atoms in total. The van der Waals surface area contributed by atoms with Gasteiger partial charge < -0.3 is 15.0 Å². The van der Waals surface area contributed by atoms with E-state index in [-0.39, 0.29) is 30.6 Å². The fraction of sp³-hybridized carbons (Fsp3) is 0.391. The molecule has 6 heteroatoms. The summed E-state index contributed by atoms with van der Waals surface area (Å²) in [6.45, 7) is 5.58. The summed E-state index contributed by atoms with van der Waals surface area (Å²) in [6, 6.07) is 14.4. The summed E-state index contributed by atoms with van der Waals surface area (Å²) in [4.78, 5) is 27.4. The minimum Gasteiger partial charge on any atom is -0.382 e. The van der Waals surface area contributed by atoms with Crippen molar-refractivity contribution in [1.82, 2.24) is 10.2 Å². The molecular formula is C23H29FN2O3. The highest BCUT2D eigenvalue weighted by Gasteiger charge is 2.30. The van der Waals surface area contributed by atoms with E-state index in [4.69, 9.17) is 4.74 Å². The Kier molecular flexibility index (Phi) is 9.31. The van der Waals surface area contributed by atoms with Crippen molar-refractivity contribution in [2.45, 2.75) is 39.3 Å². The number of amides is 2. The summed E-state index contributed by atoms with van der Waals surface area (Å²) in [5.74, 6) is -0.724. The molecule has 0 heterocycles. The van der Waals surface area contributed by atoms with Crippen molar-refractivity contribution in [2.75, 3.05) is 19.8 Å². The highest BCUT2D eigenvalue weighted by atomic mass is 19.1. The Hall–Kier alpha value is -2.73. The molecule has 2 aromatic carbocycles. The Balaban J connectivity index is 2.25. The number of rotatable bonds is 11. The molecule has 2 amide bonds. The van der Waals surface area contributed by atoms with Gasteiger partial charge in [-0.15, -0.1) is 0 Å². The molecule has 0 saturated heterocycles. The summed E-state index contributed by atoms with van der Waals surface area (Å²) >= 11 is 0. The predicted octanol–water partition coefficient (Wildman–Crippen LogP) is 3.85. The van der Waals surface area contributed by atoms with Gasteiger partial charge in [-0.3, -0.25) is 9.59 Å². The Bertz CT molecular complexity index is 765. The smallest absolute Gasteiger partial charge is 0.247 e. The number of nitrogens with one attached hydrogen (secondary N) is 1. The van der Waals surface area contributed by atoms with E-state index in [1.54, 1.807) is 24.0 Å². The van der Waals surface area contributed by atoms with Crippen LogP contribution in [0.3, 0.4) is 0 Å². The number of hydrogen-bond donors (Lipinski definition) is 1. The number of halogens is 1. The zero-order chi connectivity index (χ0) is 21.1. The molecule has 0 aliphatic carbocycles. The minimum absolute atomic E-state index is 0.146. The van der Waals surface area contributed by atoms with Gasteiger partial charge in [0.15, 0.2) is 0 Å². The Morgan fingerprint density at radius 3 is 2.38 bits per heavy atom. The van der Waals surface area contributed by atoms with Crippen molar-refractivity contribution in [3.63, 3.8) is 0 Å². The third-order valence-corrected chi connectivity index (χ3v) is 4.53. The highest BCUT2D eigenvalue weighted by Crippen LogP contribution is 2.24. The van der Waals surface area contributed by atoms with Crippen LogP contribution in [-0.2, 0) is 20.9 Å². The summed E-state index contributed by atoms with van der Waals surface area (Å²) in [6.07, 6.45) is 0.961. The van der Waals surface area contributed by atoms with E-state index < -0.39 is 6.04 Å². The minimum atomic E-state index is -0.763. The first kappa shape index (κ1) is 22.6. The standard InChI is InChI=1S/C23H29FN2O3/c1-3-21(27)26(17-18-11-13-20(24)14-12-18)22(19-9-6-5-7-10-19)23(28)25-15-8-16-29-4-2/h5-7,9-14,22H,3-4,8,15-17H2,1-2H3,(H,25,28)/t22-/m0/s1. The molecule has 0 spiro atoms. The molecule has 2 rings (SSSR count). The molecule has 0 fully saturated rings. The van der Waals surface area contributed by atoms with Gasteiger partial charge in [-0.05, 0) is 36.6 Å². The zero-order valence-corrected chi connectivity index (χ0v) is 17.1. The van der Waals surface area contributed by atoms with Gasteiger partial charge in [-0.25, -0.2) is 4.39 Å². The van der Waals surface area contributed by atoms with Gasteiger partial charge in [0, 0.05) is 32.7 Å². The number of ether oxygens (including phenoxy) is 1. The van der Waals surface area contributed by atoms with Crippen LogP contribution in [0.25, 0.3) is 0 Å². The molecule has 0 bridgehead atoms. The average molecular weight is 400 g/mol. The lowest BCUT2D eigenvalue weighted by Crippen LogP contribution is -2.43. The van der Waals surface area contributed by atoms with Gasteiger partial charge in [0.2, 0.25) is 11.8 Å². The second-order valence-electron chi connectivity index (χ2n) is 6.66. The van der Waals surface area contributed by atoms with E-state index >= 15 is 0 Å². The van der Waals surface area contributed by atoms with Crippen molar-refractivity contribution < 1.29 is 18.7 Å². The first-order valence-electron chi connectivity index (χ1n) is 10.0. The van der Waals surface area contributed by atoms with Crippen LogP contribution in [0, 0.1) is 5.82 Å². The summed E-state index contributed by atoms with van der Waals surface area (Å²) < 4.78 is 18.6. The van der Waals surface area contributed by atoms with E-state index in [9.17, 15) is 14.0 Å². The lowest BCUT2D eigenvalue weighted by Gasteiger charge is -2.31. The van der Waals surface area contributed by atoms with Gasteiger partial charge in [-0.2, -0.15) is 0 Å². The van der Waals surface area contributed by atoms with Crippen LogP contribution in [0.2, 0.25) is 0 Å². The third kappa shape index (κ3) is 6.98. The Morgan fingerprint density at radius 1 is 1.07 bits per heavy atom. The molecule has 0 aromatic heterocycles. The fourth-order valence-electron chi connectivity index (χ4n) is 3.05. The van der Waals surface area contributed by atoms with Crippen molar-refractivity contribution in [2.24, 2.45) is 0 Å². The SMILES string of the molecule is CCOCCCNC(=O)[C@H](c1ccccc1)N(Cc1ccc(F)cc1)C(=O)CC. The second kappa shape index (κ2) is 12.0. The predicted molar refractivity (Wildman–Crippen MR) is 111 cm³/mol. The maximum absolute atomic E-state index is 13.3. The first-order chi connectivity index (χ1) is 14.1. The largest absolute Gasteiger partial charge is 0.382 e. The molecule has 29 heavy (non-hydrogen) atoms. The van der Waals surface area contributed by atoms with Crippen molar-refractivity contribution >= 4 is 11.8 Å². The highest BCUT2D eigenvalue weighted by molar-refractivity contribution is 5.88. The lowest BCUT2D eigenvalue weighted by atomic mass is 10.0. The van der Waals surface area contributed by atoms with E-state index in [1.165, 1.54) is 12.1 Å². The van der Waals surface area contributed by atoms with Crippen molar-refractivity contribution in [3.05, 3.63) is 71.5 Å². The molecule has 0 radical (unpaired) electrons. The Labute approximate surface area is 171 Å². The maximum atomic E-state index is 13.3. The maximum Gasteiger partial charge on any atom is 0.247 e. The molecule has 0 aliphatic heterocycles. The van der Waals surface area contributed by atoms with Crippen LogP contribution in [0.15, 0.2) is 54.6 Å². The van der Waals surface area contributed by atoms with Crippen molar-refractivity contribution in [1.29, 1.82) is 0 Å². The molecule has 156 valence electrons. The monoisotopic (exact) mass is 400 g/mol. The molecule has 0 aliphatic rings. The van der Waals surface area contributed by atoms with E-state index in [0.717, 1.165) is 11.1 Å². The van der Waals surface area contributed by atoms with Gasteiger partial charge in [0.25, 0.3) is 0 Å². The van der Waals surface area contributed by atoms with Gasteiger partial charge in [0.1, 0.15) is 11.9 Å². The quantitative estimate of drug-likeness (QED) is 0.583. The molecule has 1 N–H and O–H groups in total. The van der Waals surface area contributed by atoms with Crippen molar-refractivity contribution in [3.8, 4) is 0 Å². The topological polar surface area (TPSA) is 58.6 Å². The Morgan fingerprint density at radius 2 is 1.76 bits per heavy atom. The van der Waals surface area contributed by atoms with E-state index in [0.29, 0.717) is 26.2 Å². The second-order valence-corrected chi connectivity index (χ2v) is 6.66. The van der Waals surface area contributed by atoms with Crippen LogP contribution >= 0.6 is 0 Å². The lowest BCUT2D eigenvalue weighted by molar-refractivity contribution is -0.141. The van der Waals surface area contributed by atoms with Crippen LogP contribution in [-0.4, -0.2) is 36.5 Å². The van der Waals surface area contributed by atoms with Gasteiger partial charge >= 0.3 is 0 Å². The number of carbonyl (C=O) groups is 2. The third-order valence-electron chi connectivity index (χ3n) is 4.53. The summed E-state index contributed by atoms with van der Waals surface area (Å²) in [7, 11) is 0.